The van der Waals surface area contributed by atoms with E-state index in [1.807, 2.05) is 17.8 Å². The number of aromatic nitrogens is 2. The number of nitrogens with zero attached hydrogens (tertiary/aromatic N) is 2. The third-order valence-electron chi connectivity index (χ3n) is 2.64. The lowest BCUT2D eigenvalue weighted by molar-refractivity contribution is -0.137. The number of rotatable bonds is 3. The van der Waals surface area contributed by atoms with Gasteiger partial charge < -0.3 is 9.67 Å². The topological polar surface area (TPSA) is 55.1 Å². The maximum absolute atomic E-state index is 10.6. The van der Waals surface area contributed by atoms with Gasteiger partial charge in [0, 0.05) is 24.9 Å². The van der Waals surface area contributed by atoms with Crippen LogP contribution in [0.3, 0.4) is 0 Å². The molecule has 0 amide bonds. The first kappa shape index (κ1) is 8.29. The normalized spacial score (nSPS) is 18.5. The Labute approximate surface area is 76.2 Å². The maximum Gasteiger partial charge on any atom is 0.304 e. The van der Waals surface area contributed by atoms with Gasteiger partial charge in [-0.1, -0.05) is 0 Å². The largest absolute Gasteiger partial charge is 0.481 e. The molecule has 0 unspecified atom stereocenters. The second-order valence-electron chi connectivity index (χ2n) is 3.71. The lowest BCUT2D eigenvalue weighted by Gasteiger charge is -2.11. The molecule has 0 radical (unpaired) electrons. The van der Waals surface area contributed by atoms with Crippen molar-refractivity contribution in [2.75, 3.05) is 0 Å². The van der Waals surface area contributed by atoms with Crippen molar-refractivity contribution in [2.24, 2.45) is 7.05 Å². The first-order valence-electron chi connectivity index (χ1n) is 4.34. The second kappa shape index (κ2) is 2.58. The smallest absolute Gasteiger partial charge is 0.304 e. The standard InChI is InChI=1S/C9H12N2O2/c1-11-5-4-10-8(11)9(2-3-9)6-7(12)13/h4-5H,2-3,6H2,1H3,(H,12,13). The Morgan fingerprint density at radius 2 is 2.46 bits per heavy atom. The van der Waals surface area contributed by atoms with E-state index in [2.05, 4.69) is 4.98 Å². The van der Waals surface area contributed by atoms with Gasteiger partial charge in [-0.05, 0) is 12.8 Å². The van der Waals surface area contributed by atoms with Gasteiger partial charge in [0.15, 0.2) is 0 Å². The van der Waals surface area contributed by atoms with E-state index in [4.69, 9.17) is 5.11 Å². The molecule has 0 saturated heterocycles. The van der Waals surface area contributed by atoms with Crippen molar-refractivity contribution < 1.29 is 9.90 Å². The number of carboxylic acid groups (broad SMARTS) is 1. The Balaban J connectivity index is 2.25. The van der Waals surface area contributed by atoms with E-state index in [0.717, 1.165) is 18.7 Å². The first-order chi connectivity index (χ1) is 6.14. The van der Waals surface area contributed by atoms with Crippen LogP contribution in [-0.2, 0) is 17.3 Å². The highest BCUT2D eigenvalue weighted by atomic mass is 16.4. The summed E-state index contributed by atoms with van der Waals surface area (Å²) in [5, 5.41) is 8.74. The Hall–Kier alpha value is -1.32. The van der Waals surface area contributed by atoms with Crippen molar-refractivity contribution in [3.05, 3.63) is 18.2 Å². The van der Waals surface area contributed by atoms with Crippen LogP contribution in [0.1, 0.15) is 25.1 Å². The zero-order valence-corrected chi connectivity index (χ0v) is 7.53. The number of imidazole rings is 1. The molecule has 1 N–H and O–H groups in total. The molecule has 1 aromatic rings. The lowest BCUT2D eigenvalue weighted by atomic mass is 10.0. The number of aryl methyl sites for hydroxylation is 1. The molecule has 13 heavy (non-hydrogen) atoms. The third-order valence-corrected chi connectivity index (χ3v) is 2.64. The molecule has 0 aliphatic heterocycles. The minimum absolute atomic E-state index is 0.163. The van der Waals surface area contributed by atoms with Gasteiger partial charge in [-0.2, -0.15) is 0 Å². The van der Waals surface area contributed by atoms with Crippen LogP contribution >= 0.6 is 0 Å². The lowest BCUT2D eigenvalue weighted by Crippen LogP contribution is -2.17. The van der Waals surface area contributed by atoms with Crippen molar-refractivity contribution in [3.8, 4) is 0 Å². The molecular weight excluding hydrogens is 168 g/mol. The number of hydrogen-bond acceptors (Lipinski definition) is 2. The van der Waals surface area contributed by atoms with Crippen LogP contribution in [0.4, 0.5) is 0 Å². The number of aliphatic carboxylic acids is 1. The molecule has 0 atom stereocenters. The summed E-state index contributed by atoms with van der Waals surface area (Å²) in [7, 11) is 1.91. The van der Waals surface area contributed by atoms with Crippen LogP contribution < -0.4 is 0 Å². The summed E-state index contributed by atoms with van der Waals surface area (Å²) in [5.41, 5.74) is -0.163. The summed E-state index contributed by atoms with van der Waals surface area (Å²) >= 11 is 0. The van der Waals surface area contributed by atoms with Crippen LogP contribution in [0.2, 0.25) is 0 Å². The van der Waals surface area contributed by atoms with E-state index in [1.165, 1.54) is 0 Å². The predicted octanol–water partition coefficient (Wildman–Crippen LogP) is 0.926. The molecule has 70 valence electrons. The van der Waals surface area contributed by atoms with E-state index in [0.29, 0.717) is 0 Å². The summed E-state index contributed by atoms with van der Waals surface area (Å²) in [6, 6.07) is 0. The van der Waals surface area contributed by atoms with E-state index in [-0.39, 0.29) is 11.8 Å². The highest BCUT2D eigenvalue weighted by molar-refractivity contribution is 5.69. The monoisotopic (exact) mass is 180 g/mol. The van der Waals surface area contributed by atoms with Gasteiger partial charge in [-0.3, -0.25) is 4.79 Å². The molecule has 1 heterocycles. The molecule has 0 aromatic carbocycles. The predicted molar refractivity (Wildman–Crippen MR) is 46.4 cm³/mol. The highest BCUT2D eigenvalue weighted by Crippen LogP contribution is 2.49. The Morgan fingerprint density at radius 3 is 2.85 bits per heavy atom. The molecule has 0 bridgehead atoms. The first-order valence-corrected chi connectivity index (χ1v) is 4.34. The Morgan fingerprint density at radius 1 is 1.77 bits per heavy atom. The minimum atomic E-state index is -0.736. The van der Waals surface area contributed by atoms with Gasteiger partial charge in [0.2, 0.25) is 0 Å². The van der Waals surface area contributed by atoms with Gasteiger partial charge in [0.05, 0.1) is 6.42 Å². The summed E-state index contributed by atoms with van der Waals surface area (Å²) in [5.74, 6) is 0.176. The van der Waals surface area contributed by atoms with Crippen molar-refractivity contribution in [3.63, 3.8) is 0 Å². The van der Waals surface area contributed by atoms with Crippen LogP contribution in [-0.4, -0.2) is 20.6 Å². The SMILES string of the molecule is Cn1ccnc1C1(CC(=O)O)CC1. The highest BCUT2D eigenvalue weighted by Gasteiger charge is 2.48. The van der Waals surface area contributed by atoms with Gasteiger partial charge in [0.25, 0.3) is 0 Å². The van der Waals surface area contributed by atoms with Gasteiger partial charge in [-0.15, -0.1) is 0 Å². The van der Waals surface area contributed by atoms with E-state index >= 15 is 0 Å². The molecule has 1 saturated carbocycles. The minimum Gasteiger partial charge on any atom is -0.481 e. The average Bonchev–Trinajstić information content (AvgIpc) is 2.65. The van der Waals surface area contributed by atoms with E-state index in [9.17, 15) is 4.79 Å². The molecule has 1 aliphatic rings. The molecule has 4 nitrogen and oxygen atoms in total. The molecule has 1 aromatic heterocycles. The Kier molecular flexibility index (Phi) is 1.65. The fourth-order valence-corrected chi connectivity index (χ4v) is 1.80. The van der Waals surface area contributed by atoms with Crippen molar-refractivity contribution >= 4 is 5.97 Å². The average molecular weight is 180 g/mol. The quantitative estimate of drug-likeness (QED) is 0.752. The third kappa shape index (κ3) is 1.32. The number of hydrogen-bond donors (Lipinski definition) is 1. The molecule has 1 aliphatic carbocycles. The second-order valence-corrected chi connectivity index (χ2v) is 3.71. The fraction of sp³-hybridized carbons (Fsp3) is 0.556. The number of carbonyl (C=O) groups is 1. The fourth-order valence-electron chi connectivity index (χ4n) is 1.80. The van der Waals surface area contributed by atoms with Crippen LogP contribution in [0.25, 0.3) is 0 Å². The van der Waals surface area contributed by atoms with E-state index < -0.39 is 5.97 Å². The van der Waals surface area contributed by atoms with Gasteiger partial charge in [-0.25, -0.2) is 4.98 Å². The van der Waals surface area contributed by atoms with Crippen molar-refractivity contribution in [1.82, 2.24) is 9.55 Å². The zero-order chi connectivity index (χ0) is 9.47. The van der Waals surface area contributed by atoms with Crippen LogP contribution in [0, 0.1) is 0 Å². The number of carboxylic acids is 1. The van der Waals surface area contributed by atoms with Gasteiger partial charge in [0.1, 0.15) is 5.82 Å². The molecular formula is C9H12N2O2. The van der Waals surface area contributed by atoms with Crippen molar-refractivity contribution in [1.29, 1.82) is 0 Å². The molecule has 2 rings (SSSR count). The van der Waals surface area contributed by atoms with Crippen LogP contribution in [0.5, 0.6) is 0 Å². The Bertz CT molecular complexity index is 339. The maximum atomic E-state index is 10.6. The summed E-state index contributed by atoms with van der Waals surface area (Å²) < 4.78 is 1.91. The summed E-state index contributed by atoms with van der Waals surface area (Å²) in [4.78, 5) is 14.8. The van der Waals surface area contributed by atoms with E-state index in [1.54, 1.807) is 6.20 Å². The molecule has 1 fully saturated rings. The summed E-state index contributed by atoms with van der Waals surface area (Å²) in [6.07, 6.45) is 5.68. The van der Waals surface area contributed by atoms with Crippen LogP contribution in [0.15, 0.2) is 12.4 Å². The summed E-state index contributed by atoms with van der Waals surface area (Å²) in [6.45, 7) is 0. The van der Waals surface area contributed by atoms with Gasteiger partial charge >= 0.3 is 5.97 Å². The molecule has 4 heteroatoms. The zero-order valence-electron chi connectivity index (χ0n) is 7.53. The van der Waals surface area contributed by atoms with Crippen molar-refractivity contribution in [2.45, 2.75) is 24.7 Å². The molecule has 0 spiro atoms.